The lowest BCUT2D eigenvalue weighted by Crippen LogP contribution is -2.28. The number of hydrogen-bond acceptors (Lipinski definition) is 7. The highest BCUT2D eigenvalue weighted by atomic mass is 32.2. The third-order valence-corrected chi connectivity index (χ3v) is 7.91. The molecule has 1 saturated heterocycles. The summed E-state index contributed by atoms with van der Waals surface area (Å²) in [5.41, 5.74) is 1.22. The molecule has 0 saturated carbocycles. The normalized spacial score (nSPS) is 14.4. The van der Waals surface area contributed by atoms with Crippen LogP contribution in [-0.2, 0) is 21.4 Å². The maximum atomic E-state index is 12.8. The Balaban J connectivity index is 1.52. The number of aryl methyl sites for hydroxylation is 1. The van der Waals surface area contributed by atoms with E-state index in [2.05, 4.69) is 0 Å². The van der Waals surface area contributed by atoms with Crippen LogP contribution in [0, 0.1) is 0 Å². The van der Waals surface area contributed by atoms with Gasteiger partial charge in [-0.1, -0.05) is 0 Å². The number of sulfonamides is 1. The summed E-state index contributed by atoms with van der Waals surface area (Å²) in [6.45, 7) is 1.06. The third-order valence-electron chi connectivity index (χ3n) is 6.02. The molecule has 0 unspecified atom stereocenters. The van der Waals surface area contributed by atoms with Crippen LogP contribution in [0.5, 0.6) is 11.5 Å². The minimum Gasteiger partial charge on any atom is -0.493 e. The molecule has 1 aromatic heterocycles. The van der Waals surface area contributed by atoms with E-state index in [1.807, 2.05) is 0 Å². The molecule has 1 aliphatic heterocycles. The molecule has 2 heterocycles. The highest BCUT2D eigenvalue weighted by Gasteiger charge is 2.28. The van der Waals surface area contributed by atoms with Crippen molar-refractivity contribution in [3.63, 3.8) is 0 Å². The second kappa shape index (κ2) is 9.51. The molecule has 4 rings (SSSR count). The average molecular weight is 490 g/mol. The molecule has 11 heteroatoms. The Morgan fingerprint density at radius 3 is 2.44 bits per heavy atom. The number of hydrogen-bond donors (Lipinski definition) is 0. The number of anilines is 1. The van der Waals surface area contributed by atoms with Gasteiger partial charge in [0.05, 0.1) is 24.6 Å². The van der Waals surface area contributed by atoms with Crippen LogP contribution in [0.2, 0.25) is 0 Å². The van der Waals surface area contributed by atoms with Crippen LogP contribution in [0.25, 0.3) is 11.1 Å². The van der Waals surface area contributed by atoms with Crippen molar-refractivity contribution in [3.05, 3.63) is 46.9 Å². The van der Waals surface area contributed by atoms with Crippen LogP contribution in [-0.4, -0.2) is 57.6 Å². The summed E-state index contributed by atoms with van der Waals surface area (Å²) in [5.74, 6) is 0.181. The van der Waals surface area contributed by atoms with Crippen molar-refractivity contribution in [2.75, 3.05) is 39.3 Å². The first-order valence-electron chi connectivity index (χ1n) is 10.9. The number of benzene rings is 2. The van der Waals surface area contributed by atoms with E-state index in [9.17, 15) is 18.0 Å². The van der Waals surface area contributed by atoms with Crippen LogP contribution >= 0.6 is 0 Å². The minimum absolute atomic E-state index is 0.0349. The summed E-state index contributed by atoms with van der Waals surface area (Å²) in [6, 6.07) is 9.53. The number of fused-ring (bicyclic) bond motifs is 1. The maximum Gasteiger partial charge on any atom is 0.419 e. The van der Waals surface area contributed by atoms with Gasteiger partial charge in [-0.3, -0.25) is 9.36 Å². The van der Waals surface area contributed by atoms with Gasteiger partial charge in [-0.15, -0.1) is 0 Å². The standard InChI is InChI=1S/C23H27N3O7S/c1-24(16-6-9-19(31-2)21(14-16)32-3)22(27)10-13-26-18-8-7-17(15-20(18)33-23(26)28)34(29,30)25-11-4-5-12-25/h6-9,14-15H,4-5,10-13H2,1-3H3. The van der Waals surface area contributed by atoms with Gasteiger partial charge in [0, 0.05) is 50.9 Å². The first-order chi connectivity index (χ1) is 16.3. The maximum absolute atomic E-state index is 12.8. The predicted molar refractivity (Wildman–Crippen MR) is 126 cm³/mol. The van der Waals surface area contributed by atoms with Crippen LogP contribution in [0.1, 0.15) is 19.3 Å². The number of methoxy groups -OCH3 is 2. The lowest BCUT2D eigenvalue weighted by Gasteiger charge is -2.19. The van der Waals surface area contributed by atoms with E-state index >= 15 is 0 Å². The fraction of sp³-hybridized carbons (Fsp3) is 0.391. The Bertz CT molecular complexity index is 1370. The van der Waals surface area contributed by atoms with Crippen LogP contribution in [0.4, 0.5) is 5.69 Å². The van der Waals surface area contributed by atoms with E-state index in [1.165, 1.54) is 40.1 Å². The Hall–Kier alpha value is -3.31. The van der Waals surface area contributed by atoms with Crippen LogP contribution in [0.3, 0.4) is 0 Å². The molecule has 0 atom stereocenters. The zero-order chi connectivity index (χ0) is 24.5. The Morgan fingerprint density at radius 2 is 1.76 bits per heavy atom. The molecule has 1 fully saturated rings. The first-order valence-corrected chi connectivity index (χ1v) is 12.3. The van der Waals surface area contributed by atoms with Crippen molar-refractivity contribution < 1.29 is 27.1 Å². The smallest absolute Gasteiger partial charge is 0.419 e. The number of carbonyl (C=O) groups excluding carboxylic acids is 1. The van der Waals surface area contributed by atoms with Gasteiger partial charge in [0.2, 0.25) is 15.9 Å². The van der Waals surface area contributed by atoms with E-state index in [0.29, 0.717) is 35.8 Å². The fourth-order valence-corrected chi connectivity index (χ4v) is 5.58. The highest BCUT2D eigenvalue weighted by Crippen LogP contribution is 2.31. The molecule has 1 amide bonds. The lowest BCUT2D eigenvalue weighted by molar-refractivity contribution is -0.118. The second-order valence-electron chi connectivity index (χ2n) is 8.00. The number of ether oxygens (including phenoxy) is 2. The lowest BCUT2D eigenvalue weighted by atomic mass is 10.2. The Morgan fingerprint density at radius 1 is 1.06 bits per heavy atom. The van der Waals surface area contributed by atoms with Gasteiger partial charge in [0.15, 0.2) is 17.1 Å². The first kappa shape index (κ1) is 23.8. The molecule has 0 aliphatic carbocycles. The summed E-state index contributed by atoms with van der Waals surface area (Å²) in [6.07, 6.45) is 1.70. The topological polar surface area (TPSA) is 111 Å². The summed E-state index contributed by atoms with van der Waals surface area (Å²) < 4.78 is 44.2. The predicted octanol–water partition coefficient (Wildman–Crippen LogP) is 2.45. The van der Waals surface area contributed by atoms with Gasteiger partial charge >= 0.3 is 5.76 Å². The van der Waals surface area contributed by atoms with Gasteiger partial charge in [-0.25, -0.2) is 13.2 Å². The van der Waals surface area contributed by atoms with Gasteiger partial charge in [0.25, 0.3) is 0 Å². The molecule has 0 radical (unpaired) electrons. The highest BCUT2D eigenvalue weighted by molar-refractivity contribution is 7.89. The minimum atomic E-state index is -3.63. The van der Waals surface area contributed by atoms with Crippen molar-refractivity contribution in [1.82, 2.24) is 8.87 Å². The number of rotatable bonds is 8. The molecule has 0 N–H and O–H groups in total. The summed E-state index contributed by atoms with van der Waals surface area (Å²) in [5, 5.41) is 0. The monoisotopic (exact) mass is 489 g/mol. The Labute approximate surface area is 197 Å². The molecular formula is C23H27N3O7S. The zero-order valence-corrected chi connectivity index (χ0v) is 20.1. The molecule has 2 aromatic carbocycles. The van der Waals surface area contributed by atoms with Gasteiger partial charge in [-0.05, 0) is 37.1 Å². The molecule has 1 aliphatic rings. The molecule has 182 valence electrons. The van der Waals surface area contributed by atoms with Crippen LogP contribution < -0.4 is 20.1 Å². The molecule has 0 spiro atoms. The van der Waals surface area contributed by atoms with Crippen molar-refractivity contribution in [1.29, 1.82) is 0 Å². The van der Waals surface area contributed by atoms with Crippen molar-refractivity contribution in [2.24, 2.45) is 0 Å². The largest absolute Gasteiger partial charge is 0.493 e. The molecular weight excluding hydrogens is 462 g/mol. The quantitative estimate of drug-likeness (QED) is 0.478. The summed E-state index contributed by atoms with van der Waals surface area (Å²) in [4.78, 5) is 26.8. The average Bonchev–Trinajstić information content (AvgIpc) is 3.49. The van der Waals surface area contributed by atoms with Crippen molar-refractivity contribution >= 4 is 32.7 Å². The molecule has 10 nitrogen and oxygen atoms in total. The van der Waals surface area contributed by atoms with E-state index in [1.54, 1.807) is 31.3 Å². The number of aromatic nitrogens is 1. The Kier molecular flexibility index (Phi) is 6.67. The van der Waals surface area contributed by atoms with E-state index in [0.717, 1.165) is 12.8 Å². The molecule has 0 bridgehead atoms. The summed E-state index contributed by atoms with van der Waals surface area (Å²) in [7, 11) is 1.05. The number of nitrogens with zero attached hydrogens (tertiary/aromatic N) is 3. The van der Waals surface area contributed by atoms with Crippen LogP contribution in [0.15, 0.2) is 50.5 Å². The molecule has 3 aromatic rings. The number of amides is 1. The number of carbonyl (C=O) groups is 1. The van der Waals surface area contributed by atoms with Gasteiger partial charge in [-0.2, -0.15) is 4.31 Å². The molecule has 34 heavy (non-hydrogen) atoms. The van der Waals surface area contributed by atoms with E-state index < -0.39 is 15.8 Å². The zero-order valence-electron chi connectivity index (χ0n) is 19.3. The number of oxazole rings is 1. The van der Waals surface area contributed by atoms with E-state index in [-0.39, 0.29) is 29.4 Å². The summed E-state index contributed by atoms with van der Waals surface area (Å²) >= 11 is 0. The van der Waals surface area contributed by atoms with Gasteiger partial charge < -0.3 is 18.8 Å². The van der Waals surface area contributed by atoms with Crippen molar-refractivity contribution in [3.8, 4) is 11.5 Å². The SMILES string of the molecule is COc1ccc(N(C)C(=O)CCn2c(=O)oc3cc(S(=O)(=O)N4CCCC4)ccc32)cc1OC. The second-order valence-corrected chi connectivity index (χ2v) is 9.94. The van der Waals surface area contributed by atoms with Gasteiger partial charge in [0.1, 0.15) is 0 Å². The third kappa shape index (κ3) is 4.40. The fourth-order valence-electron chi connectivity index (χ4n) is 4.05. The van der Waals surface area contributed by atoms with Crippen molar-refractivity contribution in [2.45, 2.75) is 30.7 Å². The van der Waals surface area contributed by atoms with E-state index in [4.69, 9.17) is 13.9 Å².